The van der Waals surface area contributed by atoms with Crippen LogP contribution in [0, 0.1) is 17.5 Å². The highest BCUT2D eigenvalue weighted by molar-refractivity contribution is 5.94. The summed E-state index contributed by atoms with van der Waals surface area (Å²) in [5.74, 6) is -8.10. The molecular formula is C12H10F6N2O2. The van der Waals surface area contributed by atoms with E-state index in [4.69, 9.17) is 0 Å². The van der Waals surface area contributed by atoms with Gasteiger partial charge in [-0.05, 0) is 18.6 Å². The second kappa shape index (κ2) is 7.14. The standard InChI is InChI=1S/C12H10F6N2O2/c13-7-3-2-6(8(14)9(7)15)10(21)19-4-1-5-20-11(22)12(16,17)18/h2-3H,1,4-5H2,(H,19,21)(H,20,22). The molecule has 122 valence electrons. The van der Waals surface area contributed by atoms with Crippen molar-refractivity contribution in [2.24, 2.45) is 0 Å². The Balaban J connectivity index is 2.42. The van der Waals surface area contributed by atoms with Gasteiger partial charge in [0.1, 0.15) is 0 Å². The van der Waals surface area contributed by atoms with E-state index in [9.17, 15) is 35.9 Å². The number of rotatable bonds is 5. The first kappa shape index (κ1) is 17.8. The zero-order valence-corrected chi connectivity index (χ0v) is 10.9. The largest absolute Gasteiger partial charge is 0.471 e. The monoisotopic (exact) mass is 328 g/mol. The highest BCUT2D eigenvalue weighted by Gasteiger charge is 2.38. The normalized spacial score (nSPS) is 11.2. The molecule has 2 amide bonds. The van der Waals surface area contributed by atoms with Crippen molar-refractivity contribution in [3.8, 4) is 0 Å². The molecule has 0 unspecified atom stereocenters. The highest BCUT2D eigenvalue weighted by Crippen LogP contribution is 2.15. The molecule has 0 heterocycles. The molecule has 0 saturated carbocycles. The number of nitrogens with one attached hydrogen (secondary N) is 2. The number of hydrogen-bond donors (Lipinski definition) is 2. The van der Waals surface area contributed by atoms with Crippen molar-refractivity contribution in [1.82, 2.24) is 10.6 Å². The Morgan fingerprint density at radius 3 is 2.14 bits per heavy atom. The van der Waals surface area contributed by atoms with E-state index in [0.29, 0.717) is 6.07 Å². The summed E-state index contributed by atoms with van der Waals surface area (Å²) in [6.07, 6.45) is -5.07. The van der Waals surface area contributed by atoms with Gasteiger partial charge in [-0.2, -0.15) is 13.2 Å². The lowest BCUT2D eigenvalue weighted by atomic mass is 10.2. The maximum absolute atomic E-state index is 13.3. The molecule has 0 aliphatic rings. The van der Waals surface area contributed by atoms with Crippen LogP contribution < -0.4 is 10.6 Å². The molecule has 1 rings (SSSR count). The topological polar surface area (TPSA) is 58.2 Å². The van der Waals surface area contributed by atoms with Crippen molar-refractivity contribution in [1.29, 1.82) is 0 Å². The molecule has 1 aromatic rings. The Hall–Kier alpha value is -2.26. The first-order chi connectivity index (χ1) is 10.1. The molecule has 0 radical (unpaired) electrons. The maximum atomic E-state index is 13.3. The quantitative estimate of drug-likeness (QED) is 0.493. The molecule has 4 nitrogen and oxygen atoms in total. The van der Waals surface area contributed by atoms with E-state index in [2.05, 4.69) is 5.32 Å². The van der Waals surface area contributed by atoms with Crippen LogP contribution in [0.5, 0.6) is 0 Å². The predicted molar refractivity (Wildman–Crippen MR) is 62.3 cm³/mol. The molecule has 0 spiro atoms. The van der Waals surface area contributed by atoms with Crippen molar-refractivity contribution in [2.45, 2.75) is 12.6 Å². The number of amides is 2. The van der Waals surface area contributed by atoms with Crippen molar-refractivity contribution in [2.75, 3.05) is 13.1 Å². The van der Waals surface area contributed by atoms with E-state index in [0.717, 1.165) is 6.07 Å². The zero-order valence-electron chi connectivity index (χ0n) is 10.9. The lowest BCUT2D eigenvalue weighted by Crippen LogP contribution is -2.38. The second-order valence-electron chi connectivity index (χ2n) is 4.09. The molecular weight excluding hydrogens is 318 g/mol. The van der Waals surface area contributed by atoms with E-state index in [1.807, 2.05) is 0 Å². The SMILES string of the molecule is O=C(NCCCNC(=O)C(F)(F)F)c1ccc(F)c(F)c1F. The third-order valence-electron chi connectivity index (χ3n) is 2.46. The Morgan fingerprint density at radius 1 is 0.955 bits per heavy atom. The number of carbonyl (C=O) groups excluding carboxylic acids is 2. The Kier molecular flexibility index (Phi) is 5.77. The summed E-state index contributed by atoms with van der Waals surface area (Å²) < 4.78 is 74.3. The molecule has 0 atom stereocenters. The average molecular weight is 328 g/mol. The molecule has 22 heavy (non-hydrogen) atoms. The smallest absolute Gasteiger partial charge is 0.352 e. The van der Waals surface area contributed by atoms with Crippen LogP contribution in [0.4, 0.5) is 26.3 Å². The van der Waals surface area contributed by atoms with E-state index < -0.39 is 41.0 Å². The van der Waals surface area contributed by atoms with Crippen LogP contribution in [-0.4, -0.2) is 31.1 Å². The summed E-state index contributed by atoms with van der Waals surface area (Å²) in [7, 11) is 0. The van der Waals surface area contributed by atoms with Crippen molar-refractivity contribution in [3.05, 3.63) is 35.1 Å². The number of alkyl halides is 3. The van der Waals surface area contributed by atoms with Gasteiger partial charge in [0.2, 0.25) is 0 Å². The summed E-state index contributed by atoms with van der Waals surface area (Å²) in [6, 6.07) is 1.30. The molecule has 0 aliphatic heterocycles. The minimum absolute atomic E-state index is 0.0706. The average Bonchev–Trinajstić information content (AvgIpc) is 2.43. The molecule has 0 saturated heterocycles. The van der Waals surface area contributed by atoms with Crippen LogP contribution >= 0.6 is 0 Å². The minimum Gasteiger partial charge on any atom is -0.352 e. The first-order valence-electron chi connectivity index (χ1n) is 5.91. The third kappa shape index (κ3) is 4.64. The van der Waals surface area contributed by atoms with Gasteiger partial charge < -0.3 is 10.6 Å². The van der Waals surface area contributed by atoms with Crippen molar-refractivity contribution >= 4 is 11.8 Å². The molecule has 1 aromatic carbocycles. The van der Waals surface area contributed by atoms with Crippen LogP contribution in [0.2, 0.25) is 0 Å². The summed E-state index contributed by atoms with van der Waals surface area (Å²) in [4.78, 5) is 21.9. The van der Waals surface area contributed by atoms with Crippen LogP contribution in [0.1, 0.15) is 16.8 Å². The van der Waals surface area contributed by atoms with Crippen molar-refractivity contribution in [3.63, 3.8) is 0 Å². The lowest BCUT2D eigenvalue weighted by molar-refractivity contribution is -0.173. The van der Waals surface area contributed by atoms with Crippen LogP contribution in [-0.2, 0) is 4.79 Å². The maximum Gasteiger partial charge on any atom is 0.471 e. The van der Waals surface area contributed by atoms with Gasteiger partial charge in [0.25, 0.3) is 5.91 Å². The van der Waals surface area contributed by atoms with E-state index >= 15 is 0 Å². The van der Waals surface area contributed by atoms with E-state index in [1.165, 1.54) is 0 Å². The third-order valence-corrected chi connectivity index (χ3v) is 2.46. The van der Waals surface area contributed by atoms with Crippen LogP contribution in [0.3, 0.4) is 0 Å². The fourth-order valence-electron chi connectivity index (χ4n) is 1.39. The Bertz CT molecular complexity index is 573. The summed E-state index contributed by atoms with van der Waals surface area (Å²) in [5.41, 5.74) is -0.738. The molecule has 0 bridgehead atoms. The molecule has 0 aliphatic carbocycles. The summed E-state index contributed by atoms with van der Waals surface area (Å²) in [6.45, 7) is -0.575. The second-order valence-corrected chi connectivity index (χ2v) is 4.09. The molecule has 10 heteroatoms. The fourth-order valence-corrected chi connectivity index (χ4v) is 1.39. The van der Waals surface area contributed by atoms with Crippen LogP contribution in [0.15, 0.2) is 12.1 Å². The molecule has 2 N–H and O–H groups in total. The van der Waals surface area contributed by atoms with Gasteiger partial charge in [-0.3, -0.25) is 9.59 Å². The minimum atomic E-state index is -5.00. The Morgan fingerprint density at radius 2 is 1.55 bits per heavy atom. The van der Waals surface area contributed by atoms with E-state index in [-0.39, 0.29) is 19.5 Å². The highest BCUT2D eigenvalue weighted by atomic mass is 19.4. The number of halogens is 6. The lowest BCUT2D eigenvalue weighted by Gasteiger charge is -2.09. The first-order valence-corrected chi connectivity index (χ1v) is 5.91. The van der Waals surface area contributed by atoms with Gasteiger partial charge in [-0.15, -0.1) is 0 Å². The zero-order chi connectivity index (χ0) is 16.9. The summed E-state index contributed by atoms with van der Waals surface area (Å²) >= 11 is 0. The van der Waals surface area contributed by atoms with E-state index in [1.54, 1.807) is 5.32 Å². The van der Waals surface area contributed by atoms with Crippen molar-refractivity contribution < 1.29 is 35.9 Å². The predicted octanol–water partition coefficient (Wildman–Crippen LogP) is 1.90. The van der Waals surface area contributed by atoms with Gasteiger partial charge >= 0.3 is 12.1 Å². The number of hydrogen-bond acceptors (Lipinski definition) is 2. The number of benzene rings is 1. The van der Waals surface area contributed by atoms with Gasteiger partial charge in [-0.1, -0.05) is 0 Å². The summed E-state index contributed by atoms with van der Waals surface area (Å²) in [5, 5.41) is 3.66. The molecule has 0 aromatic heterocycles. The van der Waals surface area contributed by atoms with Crippen LogP contribution in [0.25, 0.3) is 0 Å². The van der Waals surface area contributed by atoms with Gasteiger partial charge in [-0.25, -0.2) is 13.2 Å². The fraction of sp³-hybridized carbons (Fsp3) is 0.333. The molecule has 0 fully saturated rings. The van der Waals surface area contributed by atoms with Gasteiger partial charge in [0.15, 0.2) is 17.5 Å². The Labute approximate surface area is 120 Å². The van der Waals surface area contributed by atoms with Gasteiger partial charge in [0.05, 0.1) is 5.56 Å². The van der Waals surface area contributed by atoms with Gasteiger partial charge in [0, 0.05) is 13.1 Å². The number of carbonyl (C=O) groups is 2.